The monoisotopic (exact) mass is 288 g/mol. The SMILES string of the molecule is C#C/C(=C1/Oc2ccc(C)cc2C1CC)c1cccc(C)c1. The number of allylic oxidation sites excluding steroid dienone is 2. The van der Waals surface area contributed by atoms with Crippen molar-refractivity contribution in [3.63, 3.8) is 0 Å². The second kappa shape index (κ2) is 5.73. The summed E-state index contributed by atoms with van der Waals surface area (Å²) in [4.78, 5) is 0. The molecule has 22 heavy (non-hydrogen) atoms. The number of aryl methyl sites for hydroxylation is 2. The molecule has 1 heteroatoms. The molecule has 0 radical (unpaired) electrons. The number of ether oxygens (including phenoxy) is 1. The number of hydrogen-bond donors (Lipinski definition) is 0. The Kier molecular flexibility index (Phi) is 3.77. The Morgan fingerprint density at radius 3 is 2.59 bits per heavy atom. The van der Waals surface area contributed by atoms with E-state index in [0.29, 0.717) is 0 Å². The summed E-state index contributed by atoms with van der Waals surface area (Å²) in [5, 5.41) is 0. The van der Waals surface area contributed by atoms with Gasteiger partial charge in [0.1, 0.15) is 11.5 Å². The number of hydrogen-bond acceptors (Lipinski definition) is 1. The Bertz CT molecular complexity index is 790. The Morgan fingerprint density at radius 1 is 1.14 bits per heavy atom. The van der Waals surface area contributed by atoms with Crippen LogP contribution in [-0.4, -0.2) is 0 Å². The minimum atomic E-state index is 0.237. The first-order chi connectivity index (χ1) is 10.6. The Labute approximate surface area is 132 Å². The van der Waals surface area contributed by atoms with Crippen LogP contribution >= 0.6 is 0 Å². The van der Waals surface area contributed by atoms with Gasteiger partial charge in [0, 0.05) is 11.5 Å². The number of terminal acetylenes is 1. The highest BCUT2D eigenvalue weighted by molar-refractivity contribution is 5.82. The van der Waals surface area contributed by atoms with Gasteiger partial charge in [0.05, 0.1) is 5.57 Å². The van der Waals surface area contributed by atoms with E-state index in [4.69, 9.17) is 11.2 Å². The normalized spacial score (nSPS) is 18.4. The van der Waals surface area contributed by atoms with Crippen LogP contribution in [0, 0.1) is 26.2 Å². The van der Waals surface area contributed by atoms with Gasteiger partial charge in [-0.05, 0) is 31.9 Å². The number of benzene rings is 2. The molecule has 1 atom stereocenters. The molecule has 1 nitrogen and oxygen atoms in total. The fourth-order valence-corrected chi connectivity index (χ4v) is 3.09. The third kappa shape index (κ3) is 2.42. The largest absolute Gasteiger partial charge is 0.459 e. The minimum Gasteiger partial charge on any atom is -0.459 e. The summed E-state index contributed by atoms with van der Waals surface area (Å²) >= 11 is 0. The predicted octanol–water partition coefficient (Wildman–Crippen LogP) is 5.23. The standard InChI is InChI=1S/C21H20O/c1-5-17(16-9-7-8-14(3)12-16)21-18(6-2)19-13-15(4)10-11-20(19)22-21/h1,7-13,18H,6H2,2-4H3/b21-17-. The van der Waals surface area contributed by atoms with E-state index in [1.165, 1.54) is 16.7 Å². The quantitative estimate of drug-likeness (QED) is 0.687. The van der Waals surface area contributed by atoms with Gasteiger partial charge in [-0.15, -0.1) is 6.42 Å². The van der Waals surface area contributed by atoms with Gasteiger partial charge >= 0.3 is 0 Å². The lowest BCUT2D eigenvalue weighted by Gasteiger charge is -2.12. The van der Waals surface area contributed by atoms with Crippen molar-refractivity contribution in [2.75, 3.05) is 0 Å². The molecule has 1 heterocycles. The molecule has 3 rings (SSSR count). The molecule has 2 aromatic carbocycles. The molecule has 2 aromatic rings. The van der Waals surface area contributed by atoms with Gasteiger partial charge in [-0.3, -0.25) is 0 Å². The van der Waals surface area contributed by atoms with Crippen LogP contribution in [0.25, 0.3) is 5.57 Å². The molecule has 0 amide bonds. The molecule has 1 aliphatic heterocycles. The summed E-state index contributed by atoms with van der Waals surface area (Å²) in [6.07, 6.45) is 6.80. The van der Waals surface area contributed by atoms with Crippen molar-refractivity contribution in [2.45, 2.75) is 33.1 Å². The van der Waals surface area contributed by atoms with Gasteiger partial charge in [-0.25, -0.2) is 0 Å². The predicted molar refractivity (Wildman–Crippen MR) is 91.8 cm³/mol. The first kappa shape index (κ1) is 14.5. The van der Waals surface area contributed by atoms with Crippen molar-refractivity contribution in [1.82, 2.24) is 0 Å². The summed E-state index contributed by atoms with van der Waals surface area (Å²) in [6, 6.07) is 14.6. The molecule has 0 aromatic heterocycles. The van der Waals surface area contributed by atoms with Crippen molar-refractivity contribution >= 4 is 5.57 Å². The Hall–Kier alpha value is -2.46. The second-order valence-corrected chi connectivity index (χ2v) is 5.86. The molecule has 0 N–H and O–H groups in total. The summed E-state index contributed by atoms with van der Waals surface area (Å²) in [6.45, 7) is 6.36. The molecule has 0 bridgehead atoms. The molecule has 1 aliphatic rings. The average molecular weight is 288 g/mol. The summed E-state index contributed by atoms with van der Waals surface area (Å²) in [7, 11) is 0. The average Bonchev–Trinajstić information content (AvgIpc) is 2.85. The Balaban J connectivity index is 2.16. The molecular weight excluding hydrogens is 268 g/mol. The lowest BCUT2D eigenvalue weighted by atomic mass is 9.91. The van der Waals surface area contributed by atoms with Crippen molar-refractivity contribution in [2.24, 2.45) is 0 Å². The van der Waals surface area contributed by atoms with E-state index >= 15 is 0 Å². The van der Waals surface area contributed by atoms with Crippen LogP contribution in [-0.2, 0) is 0 Å². The van der Waals surface area contributed by atoms with Crippen molar-refractivity contribution in [1.29, 1.82) is 0 Å². The van der Waals surface area contributed by atoms with Crippen LogP contribution in [0.15, 0.2) is 48.2 Å². The third-order valence-corrected chi connectivity index (χ3v) is 4.18. The Morgan fingerprint density at radius 2 is 1.91 bits per heavy atom. The number of rotatable bonds is 2. The van der Waals surface area contributed by atoms with E-state index in [0.717, 1.165) is 29.1 Å². The molecule has 0 fully saturated rings. The van der Waals surface area contributed by atoms with Crippen LogP contribution in [0.5, 0.6) is 5.75 Å². The molecule has 0 saturated carbocycles. The molecule has 0 aliphatic carbocycles. The zero-order chi connectivity index (χ0) is 15.7. The van der Waals surface area contributed by atoms with Gasteiger partial charge in [-0.2, -0.15) is 0 Å². The van der Waals surface area contributed by atoms with Crippen LogP contribution in [0.4, 0.5) is 0 Å². The molecule has 0 spiro atoms. The van der Waals surface area contributed by atoms with Gasteiger partial charge in [0.2, 0.25) is 0 Å². The van der Waals surface area contributed by atoms with Gasteiger partial charge in [0.25, 0.3) is 0 Å². The van der Waals surface area contributed by atoms with Crippen molar-refractivity contribution < 1.29 is 4.74 Å². The lowest BCUT2D eigenvalue weighted by Crippen LogP contribution is -2.01. The van der Waals surface area contributed by atoms with Crippen molar-refractivity contribution in [3.8, 4) is 18.1 Å². The maximum absolute atomic E-state index is 6.15. The highest BCUT2D eigenvalue weighted by Crippen LogP contribution is 2.45. The topological polar surface area (TPSA) is 9.23 Å². The zero-order valence-electron chi connectivity index (χ0n) is 13.3. The smallest absolute Gasteiger partial charge is 0.130 e. The minimum absolute atomic E-state index is 0.237. The van der Waals surface area contributed by atoms with Crippen LogP contribution in [0.1, 0.15) is 41.5 Å². The fourth-order valence-electron chi connectivity index (χ4n) is 3.09. The number of fused-ring (bicyclic) bond motifs is 1. The molecule has 110 valence electrons. The van der Waals surface area contributed by atoms with Crippen LogP contribution in [0.3, 0.4) is 0 Å². The van der Waals surface area contributed by atoms with Gasteiger partial charge < -0.3 is 4.74 Å². The summed E-state index contributed by atoms with van der Waals surface area (Å²) in [5.41, 5.74) is 5.62. The maximum atomic E-state index is 6.15. The molecule has 0 saturated heterocycles. The maximum Gasteiger partial charge on any atom is 0.130 e. The van der Waals surface area contributed by atoms with E-state index in [-0.39, 0.29) is 5.92 Å². The second-order valence-electron chi connectivity index (χ2n) is 5.86. The van der Waals surface area contributed by atoms with Crippen LogP contribution < -0.4 is 4.74 Å². The van der Waals surface area contributed by atoms with Gasteiger partial charge in [-0.1, -0.05) is 60.4 Å². The zero-order valence-corrected chi connectivity index (χ0v) is 13.3. The third-order valence-electron chi connectivity index (χ3n) is 4.18. The fraction of sp³-hybridized carbons (Fsp3) is 0.238. The molecular formula is C21H20O. The van der Waals surface area contributed by atoms with Crippen LogP contribution in [0.2, 0.25) is 0 Å². The lowest BCUT2D eigenvalue weighted by molar-refractivity contribution is 0.428. The van der Waals surface area contributed by atoms with E-state index < -0.39 is 0 Å². The first-order valence-electron chi connectivity index (χ1n) is 7.70. The van der Waals surface area contributed by atoms with E-state index in [9.17, 15) is 0 Å². The summed E-state index contributed by atoms with van der Waals surface area (Å²) in [5.74, 6) is 4.94. The highest BCUT2D eigenvalue weighted by Gasteiger charge is 2.31. The first-order valence-corrected chi connectivity index (χ1v) is 7.70. The van der Waals surface area contributed by atoms with E-state index in [2.05, 4.69) is 57.0 Å². The van der Waals surface area contributed by atoms with E-state index in [1.807, 2.05) is 12.1 Å². The summed E-state index contributed by atoms with van der Waals surface area (Å²) < 4.78 is 6.15. The van der Waals surface area contributed by atoms with Crippen molar-refractivity contribution in [3.05, 3.63) is 70.5 Å². The highest BCUT2D eigenvalue weighted by atomic mass is 16.5. The van der Waals surface area contributed by atoms with E-state index in [1.54, 1.807) is 0 Å². The molecule has 1 unspecified atom stereocenters. The van der Waals surface area contributed by atoms with Gasteiger partial charge in [0.15, 0.2) is 0 Å².